The van der Waals surface area contributed by atoms with Crippen LogP contribution in [0.5, 0.6) is 0 Å². The molecule has 1 rings (SSSR count). The van der Waals surface area contributed by atoms with Crippen LogP contribution in [0.2, 0.25) is 0 Å². The fraction of sp³-hybridized carbons (Fsp3) is 0.375. The molecular formula is C8H10NS. The lowest BCUT2D eigenvalue weighted by molar-refractivity contribution is 1.14. The normalized spacial score (nSPS) is 9.90. The van der Waals surface area contributed by atoms with Crippen molar-refractivity contribution in [1.29, 1.82) is 0 Å². The first kappa shape index (κ1) is 7.61. The lowest BCUT2D eigenvalue weighted by Gasteiger charge is -2.03. The highest BCUT2D eigenvalue weighted by Gasteiger charge is 1.98. The lowest BCUT2D eigenvalue weighted by atomic mass is 10.1. The third-order valence-corrected chi connectivity index (χ3v) is 1.89. The van der Waals surface area contributed by atoms with Crippen LogP contribution in [-0.2, 0) is 5.75 Å². The summed E-state index contributed by atoms with van der Waals surface area (Å²) in [5, 5.41) is 0. The molecule has 0 aliphatic carbocycles. The van der Waals surface area contributed by atoms with E-state index in [1.807, 2.05) is 20.0 Å². The Bertz CT molecular complexity index is 212. The maximum absolute atomic E-state index is 4.20. The van der Waals surface area contributed by atoms with Crippen molar-refractivity contribution in [3.63, 3.8) is 0 Å². The summed E-state index contributed by atoms with van der Waals surface area (Å²) in [5.74, 6) is 0.774. The molecule has 0 saturated heterocycles. The zero-order chi connectivity index (χ0) is 7.56. The van der Waals surface area contributed by atoms with Crippen molar-refractivity contribution in [2.45, 2.75) is 19.6 Å². The second-order valence-corrected chi connectivity index (χ2v) is 2.63. The van der Waals surface area contributed by atoms with Crippen LogP contribution >= 0.6 is 12.6 Å². The van der Waals surface area contributed by atoms with Gasteiger partial charge in [0.2, 0.25) is 0 Å². The number of thiol groups is 1. The monoisotopic (exact) mass is 152 g/mol. The van der Waals surface area contributed by atoms with Crippen molar-refractivity contribution < 1.29 is 0 Å². The molecule has 1 aromatic heterocycles. The van der Waals surface area contributed by atoms with Gasteiger partial charge in [0.1, 0.15) is 0 Å². The molecule has 0 amide bonds. The van der Waals surface area contributed by atoms with Gasteiger partial charge in [0.15, 0.2) is 0 Å². The summed E-state index contributed by atoms with van der Waals surface area (Å²) >= 11 is 4.20. The van der Waals surface area contributed by atoms with Crippen LogP contribution < -0.4 is 0 Å². The first-order valence-corrected chi connectivity index (χ1v) is 3.82. The molecule has 0 bridgehead atoms. The Kier molecular flexibility index (Phi) is 2.33. The Morgan fingerprint density at radius 2 is 2.30 bits per heavy atom. The average Bonchev–Trinajstić information content (AvgIpc) is 1.88. The molecule has 1 heterocycles. The number of aromatic nitrogens is 1. The van der Waals surface area contributed by atoms with Gasteiger partial charge in [-0.05, 0) is 30.5 Å². The van der Waals surface area contributed by atoms with E-state index in [2.05, 4.69) is 23.8 Å². The van der Waals surface area contributed by atoms with Crippen LogP contribution in [-0.4, -0.2) is 4.98 Å². The second kappa shape index (κ2) is 3.06. The zero-order valence-corrected chi connectivity index (χ0v) is 7.07. The molecule has 0 unspecified atom stereocenters. The van der Waals surface area contributed by atoms with Gasteiger partial charge in [-0.3, -0.25) is 4.98 Å². The Hall–Kier alpha value is -0.500. The zero-order valence-electron chi connectivity index (χ0n) is 6.18. The largest absolute Gasteiger partial charge is 0.254 e. The summed E-state index contributed by atoms with van der Waals surface area (Å²) in [6.45, 7) is 4.05. The average molecular weight is 152 g/mol. The molecule has 0 aliphatic rings. The fourth-order valence-corrected chi connectivity index (χ4v) is 1.40. The predicted octanol–water partition coefficient (Wildman–Crippen LogP) is 1.93. The van der Waals surface area contributed by atoms with E-state index in [4.69, 9.17) is 0 Å². The van der Waals surface area contributed by atoms with Crippen molar-refractivity contribution in [1.82, 2.24) is 4.98 Å². The Morgan fingerprint density at radius 3 is 2.70 bits per heavy atom. The van der Waals surface area contributed by atoms with E-state index in [1.54, 1.807) is 0 Å². The topological polar surface area (TPSA) is 12.9 Å². The molecule has 0 aliphatic heterocycles. The Balaban J connectivity index is 3.17. The molecule has 0 saturated carbocycles. The van der Waals surface area contributed by atoms with Gasteiger partial charge in [-0.15, -0.1) is 0 Å². The molecule has 0 N–H and O–H groups in total. The lowest BCUT2D eigenvalue weighted by Crippen LogP contribution is -1.91. The van der Waals surface area contributed by atoms with Crippen LogP contribution in [0, 0.1) is 20.0 Å². The van der Waals surface area contributed by atoms with Crippen LogP contribution in [0.25, 0.3) is 0 Å². The summed E-state index contributed by atoms with van der Waals surface area (Å²) in [6.07, 6.45) is 4.71. The summed E-state index contributed by atoms with van der Waals surface area (Å²) in [7, 11) is 0. The van der Waals surface area contributed by atoms with Crippen molar-refractivity contribution in [3.8, 4) is 0 Å². The van der Waals surface area contributed by atoms with Crippen LogP contribution in [0.15, 0.2) is 6.20 Å². The first-order valence-electron chi connectivity index (χ1n) is 3.19. The van der Waals surface area contributed by atoms with Gasteiger partial charge in [0, 0.05) is 11.9 Å². The predicted molar refractivity (Wildman–Crippen MR) is 45.2 cm³/mol. The van der Waals surface area contributed by atoms with E-state index in [0.29, 0.717) is 0 Å². The second-order valence-electron chi connectivity index (χ2n) is 2.31. The molecule has 53 valence electrons. The minimum absolute atomic E-state index is 0.774. The highest BCUT2D eigenvalue weighted by atomic mass is 32.1. The number of nitrogens with zero attached hydrogens (tertiary/aromatic N) is 1. The van der Waals surface area contributed by atoms with Crippen molar-refractivity contribution >= 4 is 12.6 Å². The molecule has 1 aromatic rings. The number of aryl methyl sites for hydroxylation is 2. The number of pyridine rings is 1. The molecular weight excluding hydrogens is 142 g/mol. The van der Waals surface area contributed by atoms with Crippen LogP contribution in [0.3, 0.4) is 0 Å². The Labute approximate surface area is 66.9 Å². The third kappa shape index (κ3) is 1.32. The van der Waals surface area contributed by atoms with E-state index in [1.165, 1.54) is 11.1 Å². The molecule has 0 fully saturated rings. The number of rotatable bonds is 1. The van der Waals surface area contributed by atoms with Gasteiger partial charge in [-0.25, -0.2) is 0 Å². The fourth-order valence-electron chi connectivity index (χ4n) is 0.910. The maximum Gasteiger partial charge on any atom is 0.0921 e. The SMILES string of the molecule is Cc1[c]ncc(C)c1CS. The standard InChI is InChI=1S/C8H10NS/c1-6-3-9-4-7(2)8(6)5-10/h3,10H,5H2,1-2H3. The minimum atomic E-state index is 0.774. The van der Waals surface area contributed by atoms with Crippen LogP contribution in [0.4, 0.5) is 0 Å². The third-order valence-electron chi connectivity index (χ3n) is 1.58. The molecule has 10 heavy (non-hydrogen) atoms. The Morgan fingerprint density at radius 1 is 1.60 bits per heavy atom. The minimum Gasteiger partial charge on any atom is -0.254 e. The molecule has 1 radical (unpaired) electrons. The van der Waals surface area contributed by atoms with Crippen LogP contribution in [0.1, 0.15) is 16.7 Å². The summed E-state index contributed by atoms with van der Waals surface area (Å²) in [5.41, 5.74) is 3.56. The van der Waals surface area contributed by atoms with Crippen molar-refractivity contribution in [2.75, 3.05) is 0 Å². The van der Waals surface area contributed by atoms with Crippen molar-refractivity contribution in [3.05, 3.63) is 29.1 Å². The van der Waals surface area contributed by atoms with Gasteiger partial charge in [-0.2, -0.15) is 12.6 Å². The molecule has 0 spiro atoms. The molecule has 0 aromatic carbocycles. The highest BCUT2D eigenvalue weighted by molar-refractivity contribution is 7.79. The molecule has 0 atom stereocenters. The van der Waals surface area contributed by atoms with E-state index in [-0.39, 0.29) is 0 Å². The number of hydrogen-bond acceptors (Lipinski definition) is 2. The summed E-state index contributed by atoms with van der Waals surface area (Å²) < 4.78 is 0. The van der Waals surface area contributed by atoms with Gasteiger partial charge in [0.05, 0.1) is 6.20 Å². The summed E-state index contributed by atoms with van der Waals surface area (Å²) in [6, 6.07) is 0. The maximum atomic E-state index is 4.20. The molecule has 1 nitrogen and oxygen atoms in total. The van der Waals surface area contributed by atoms with E-state index in [9.17, 15) is 0 Å². The smallest absolute Gasteiger partial charge is 0.0921 e. The highest BCUT2D eigenvalue weighted by Crippen LogP contribution is 2.12. The molecule has 2 heteroatoms. The first-order chi connectivity index (χ1) is 4.75. The summed E-state index contributed by atoms with van der Waals surface area (Å²) in [4.78, 5) is 3.93. The number of hydrogen-bond donors (Lipinski definition) is 1. The van der Waals surface area contributed by atoms with Gasteiger partial charge in [0.25, 0.3) is 0 Å². The van der Waals surface area contributed by atoms with E-state index in [0.717, 1.165) is 11.3 Å². The van der Waals surface area contributed by atoms with E-state index >= 15 is 0 Å². The van der Waals surface area contributed by atoms with Gasteiger partial charge in [-0.1, -0.05) is 0 Å². The quantitative estimate of drug-likeness (QED) is 0.607. The van der Waals surface area contributed by atoms with Crippen molar-refractivity contribution in [2.24, 2.45) is 0 Å². The van der Waals surface area contributed by atoms with Gasteiger partial charge >= 0.3 is 0 Å². The van der Waals surface area contributed by atoms with Gasteiger partial charge < -0.3 is 0 Å². The van der Waals surface area contributed by atoms with E-state index < -0.39 is 0 Å².